The molecular formula is C27H24FNO2S. The van der Waals surface area contributed by atoms with Crippen LogP contribution in [0.4, 0.5) is 10.1 Å². The van der Waals surface area contributed by atoms with Crippen LogP contribution in [-0.2, 0) is 15.6 Å². The number of hydrogen-bond acceptors (Lipinski definition) is 2. The maximum atomic E-state index is 14.1. The van der Waals surface area contributed by atoms with Gasteiger partial charge in [-0.3, -0.25) is 9.00 Å². The van der Waals surface area contributed by atoms with E-state index in [1.165, 1.54) is 12.1 Å². The van der Waals surface area contributed by atoms with Gasteiger partial charge in [0, 0.05) is 27.6 Å². The Labute approximate surface area is 190 Å². The summed E-state index contributed by atoms with van der Waals surface area (Å²) in [5, 5.41) is 2.93. The lowest BCUT2D eigenvalue weighted by Gasteiger charge is -2.08. The molecule has 0 aliphatic heterocycles. The number of carbonyl (C=O) groups is 1. The molecule has 1 atom stereocenters. The first kappa shape index (κ1) is 21.9. The van der Waals surface area contributed by atoms with Gasteiger partial charge in [0.05, 0.1) is 6.42 Å². The predicted octanol–water partition coefficient (Wildman–Crippen LogP) is 6.23. The Hall–Kier alpha value is -3.31. The number of benzene rings is 3. The standard InChI is InChI=1S/C27H24FNO2S/c1-17-4-9-21(10-5-17)29-27(30)16-25-18(2)24(23-13-8-20(28)15-26(23)25)14-19-6-11-22(12-7-19)32(3)31/h4-15H,16H2,1-3H3,(H,29,30)/b24-14+. The number of anilines is 1. The van der Waals surface area contributed by atoms with E-state index in [0.29, 0.717) is 0 Å². The Kier molecular flexibility index (Phi) is 6.19. The second kappa shape index (κ2) is 9.05. The van der Waals surface area contributed by atoms with Crippen LogP contribution >= 0.6 is 0 Å². The highest BCUT2D eigenvalue weighted by molar-refractivity contribution is 7.84. The average molecular weight is 446 g/mol. The van der Waals surface area contributed by atoms with Crippen LogP contribution in [0.3, 0.4) is 0 Å². The van der Waals surface area contributed by atoms with Crippen LogP contribution in [0, 0.1) is 12.7 Å². The van der Waals surface area contributed by atoms with Crippen molar-refractivity contribution in [2.45, 2.75) is 25.2 Å². The molecule has 0 aromatic heterocycles. The van der Waals surface area contributed by atoms with E-state index in [4.69, 9.17) is 0 Å². The Balaban J connectivity index is 1.67. The third-order valence-corrected chi connectivity index (χ3v) is 6.59. The zero-order valence-corrected chi connectivity index (χ0v) is 19.1. The van der Waals surface area contributed by atoms with Gasteiger partial charge in [0.1, 0.15) is 5.82 Å². The van der Waals surface area contributed by atoms with Crippen molar-refractivity contribution >= 4 is 39.6 Å². The Morgan fingerprint density at radius 2 is 1.66 bits per heavy atom. The van der Waals surface area contributed by atoms with Crippen LogP contribution < -0.4 is 5.32 Å². The van der Waals surface area contributed by atoms with Crippen molar-refractivity contribution in [2.24, 2.45) is 0 Å². The maximum absolute atomic E-state index is 14.1. The lowest BCUT2D eigenvalue weighted by atomic mass is 10.0. The summed E-state index contributed by atoms with van der Waals surface area (Å²) >= 11 is 0. The summed E-state index contributed by atoms with van der Waals surface area (Å²) in [7, 11) is -1.03. The van der Waals surface area contributed by atoms with Crippen molar-refractivity contribution in [3.8, 4) is 0 Å². The maximum Gasteiger partial charge on any atom is 0.228 e. The average Bonchev–Trinajstić information content (AvgIpc) is 3.01. The molecule has 1 unspecified atom stereocenters. The Bertz CT molecular complexity index is 1270. The van der Waals surface area contributed by atoms with Crippen LogP contribution in [0.5, 0.6) is 0 Å². The topological polar surface area (TPSA) is 46.2 Å². The number of carbonyl (C=O) groups excluding carboxylic acids is 1. The minimum Gasteiger partial charge on any atom is -0.326 e. The van der Waals surface area contributed by atoms with Gasteiger partial charge in [-0.1, -0.05) is 35.9 Å². The molecule has 4 rings (SSSR count). The van der Waals surface area contributed by atoms with Gasteiger partial charge in [0.2, 0.25) is 5.91 Å². The molecular weight excluding hydrogens is 421 g/mol. The molecule has 1 aliphatic carbocycles. The van der Waals surface area contributed by atoms with E-state index in [-0.39, 0.29) is 18.1 Å². The first-order valence-electron chi connectivity index (χ1n) is 10.3. The summed E-state index contributed by atoms with van der Waals surface area (Å²) in [6.07, 6.45) is 3.83. The number of hydrogen-bond donors (Lipinski definition) is 1. The van der Waals surface area contributed by atoms with Crippen LogP contribution in [-0.4, -0.2) is 16.4 Å². The number of nitrogens with one attached hydrogen (secondary N) is 1. The summed E-state index contributed by atoms with van der Waals surface area (Å²) < 4.78 is 25.7. The summed E-state index contributed by atoms with van der Waals surface area (Å²) in [5.74, 6) is -0.474. The minimum absolute atomic E-state index is 0.144. The predicted molar refractivity (Wildman–Crippen MR) is 130 cm³/mol. The van der Waals surface area contributed by atoms with Crippen LogP contribution in [0.1, 0.15) is 35.6 Å². The lowest BCUT2D eigenvalue weighted by molar-refractivity contribution is -0.115. The van der Waals surface area contributed by atoms with Crippen LogP contribution in [0.25, 0.3) is 17.2 Å². The monoisotopic (exact) mass is 445 g/mol. The highest BCUT2D eigenvalue weighted by atomic mass is 32.2. The van der Waals surface area contributed by atoms with Crippen LogP contribution in [0.2, 0.25) is 0 Å². The second-order valence-electron chi connectivity index (χ2n) is 7.97. The zero-order valence-electron chi connectivity index (χ0n) is 18.2. The Morgan fingerprint density at radius 3 is 2.31 bits per heavy atom. The summed E-state index contributed by atoms with van der Waals surface area (Å²) in [4.78, 5) is 13.5. The largest absolute Gasteiger partial charge is 0.326 e. The first-order valence-corrected chi connectivity index (χ1v) is 11.9. The third-order valence-electron chi connectivity index (χ3n) is 5.65. The molecule has 3 nitrogen and oxygen atoms in total. The molecule has 0 fully saturated rings. The molecule has 32 heavy (non-hydrogen) atoms. The van der Waals surface area contributed by atoms with Crippen molar-refractivity contribution in [1.82, 2.24) is 0 Å². The molecule has 3 aromatic rings. The number of rotatable bonds is 5. The van der Waals surface area contributed by atoms with Crippen molar-refractivity contribution in [1.29, 1.82) is 0 Å². The van der Waals surface area contributed by atoms with Gasteiger partial charge in [0.15, 0.2) is 0 Å². The Morgan fingerprint density at radius 1 is 0.969 bits per heavy atom. The van der Waals surface area contributed by atoms with Gasteiger partial charge < -0.3 is 5.32 Å². The summed E-state index contributed by atoms with van der Waals surface area (Å²) in [5.41, 5.74) is 7.20. The number of fused-ring (bicyclic) bond motifs is 1. The van der Waals surface area contributed by atoms with Crippen molar-refractivity contribution < 1.29 is 13.4 Å². The number of aryl methyl sites for hydroxylation is 1. The van der Waals surface area contributed by atoms with E-state index in [1.54, 1.807) is 12.3 Å². The SMILES string of the molecule is CC1=C(CC(=O)Nc2ccc(C)cc2)c2cc(F)ccc2/C1=C/c1ccc(S(C)=O)cc1. The van der Waals surface area contributed by atoms with E-state index in [2.05, 4.69) is 5.32 Å². The molecule has 1 amide bonds. The minimum atomic E-state index is -1.03. The normalized spacial score (nSPS) is 15.1. The molecule has 0 heterocycles. The van der Waals surface area contributed by atoms with Gasteiger partial charge in [-0.25, -0.2) is 4.39 Å². The highest BCUT2D eigenvalue weighted by Crippen LogP contribution is 2.44. The molecule has 3 aromatic carbocycles. The van der Waals surface area contributed by atoms with E-state index in [1.807, 2.05) is 68.5 Å². The fraction of sp³-hybridized carbons (Fsp3) is 0.148. The molecule has 162 valence electrons. The number of halogens is 1. The second-order valence-corrected chi connectivity index (χ2v) is 9.35. The fourth-order valence-electron chi connectivity index (χ4n) is 3.91. The van der Waals surface area contributed by atoms with E-state index >= 15 is 0 Å². The molecule has 0 saturated carbocycles. The molecule has 5 heteroatoms. The first-order chi connectivity index (χ1) is 15.3. The van der Waals surface area contributed by atoms with Gasteiger partial charge in [-0.05, 0) is 89.7 Å². The van der Waals surface area contributed by atoms with E-state index in [0.717, 1.165) is 49.6 Å². The molecule has 0 radical (unpaired) electrons. The quantitative estimate of drug-likeness (QED) is 0.506. The highest BCUT2D eigenvalue weighted by Gasteiger charge is 2.25. The third kappa shape index (κ3) is 4.63. The van der Waals surface area contributed by atoms with E-state index < -0.39 is 10.8 Å². The van der Waals surface area contributed by atoms with E-state index in [9.17, 15) is 13.4 Å². The summed E-state index contributed by atoms with van der Waals surface area (Å²) in [6, 6.07) is 19.9. The zero-order chi connectivity index (χ0) is 22.8. The van der Waals surface area contributed by atoms with Gasteiger partial charge in [-0.15, -0.1) is 0 Å². The van der Waals surface area contributed by atoms with Gasteiger partial charge in [0.25, 0.3) is 0 Å². The van der Waals surface area contributed by atoms with Crippen LogP contribution in [0.15, 0.2) is 77.2 Å². The molecule has 1 aliphatic rings. The van der Waals surface area contributed by atoms with Crippen molar-refractivity contribution in [3.05, 3.63) is 100 Å². The smallest absolute Gasteiger partial charge is 0.228 e. The van der Waals surface area contributed by atoms with Crippen molar-refractivity contribution in [2.75, 3.05) is 11.6 Å². The number of allylic oxidation sites excluding steroid dienone is 2. The van der Waals surface area contributed by atoms with Gasteiger partial charge in [-0.2, -0.15) is 0 Å². The number of amides is 1. The lowest BCUT2D eigenvalue weighted by Crippen LogP contribution is -2.12. The molecule has 0 spiro atoms. The molecule has 0 bridgehead atoms. The molecule has 0 saturated heterocycles. The summed E-state index contributed by atoms with van der Waals surface area (Å²) in [6.45, 7) is 3.96. The van der Waals surface area contributed by atoms with Crippen molar-refractivity contribution in [3.63, 3.8) is 0 Å². The fourth-order valence-corrected chi connectivity index (χ4v) is 4.43. The molecule has 1 N–H and O–H groups in total. The van der Waals surface area contributed by atoms with Gasteiger partial charge >= 0.3 is 0 Å².